The van der Waals surface area contributed by atoms with E-state index >= 15 is 0 Å². The lowest BCUT2D eigenvalue weighted by Crippen LogP contribution is -2.21. The van der Waals surface area contributed by atoms with Gasteiger partial charge in [-0.2, -0.15) is 0 Å². The van der Waals surface area contributed by atoms with Gasteiger partial charge in [-0.25, -0.2) is 0 Å². The zero-order valence-corrected chi connectivity index (χ0v) is 13.6. The van der Waals surface area contributed by atoms with Gasteiger partial charge in [0.25, 0.3) is 17.3 Å². The van der Waals surface area contributed by atoms with E-state index in [4.69, 9.17) is 0 Å². The molecule has 0 aliphatic carbocycles. The first-order valence-corrected chi connectivity index (χ1v) is 7.27. The monoisotopic (exact) mass is 344 g/mol. The summed E-state index contributed by atoms with van der Waals surface area (Å²) in [6.45, 7) is 0.273. The van der Waals surface area contributed by atoms with Gasteiger partial charge in [-0.15, -0.1) is 0 Å². The molecule has 0 saturated heterocycles. The maximum absolute atomic E-state index is 11.8. The van der Waals surface area contributed by atoms with Crippen LogP contribution < -0.4 is 5.32 Å². The molecule has 0 saturated carbocycles. The standard InChI is InChI=1S/C16H16N4O5/c1-18(2)16(21)12-5-3-11(4-6-12)10-17-14-8-7-13(19(22)23)9-15(14)20(24)25/h3-9,17H,10H2,1-2H3. The van der Waals surface area contributed by atoms with Crippen LogP contribution in [0.5, 0.6) is 0 Å². The van der Waals surface area contributed by atoms with Gasteiger partial charge in [-0.3, -0.25) is 25.0 Å². The average molecular weight is 344 g/mol. The maximum Gasteiger partial charge on any atom is 0.299 e. The third kappa shape index (κ3) is 4.28. The van der Waals surface area contributed by atoms with Crippen molar-refractivity contribution in [2.24, 2.45) is 0 Å². The van der Waals surface area contributed by atoms with Gasteiger partial charge < -0.3 is 10.2 Å². The Labute approximate surface area is 143 Å². The van der Waals surface area contributed by atoms with Gasteiger partial charge in [-0.05, 0) is 23.8 Å². The van der Waals surface area contributed by atoms with Crippen LogP contribution in [0.1, 0.15) is 15.9 Å². The molecule has 0 spiro atoms. The highest BCUT2D eigenvalue weighted by atomic mass is 16.6. The number of nitrogens with zero attached hydrogens (tertiary/aromatic N) is 3. The molecule has 0 unspecified atom stereocenters. The fourth-order valence-electron chi connectivity index (χ4n) is 2.15. The minimum atomic E-state index is -0.683. The molecule has 25 heavy (non-hydrogen) atoms. The van der Waals surface area contributed by atoms with Crippen LogP contribution in [-0.4, -0.2) is 34.7 Å². The van der Waals surface area contributed by atoms with Crippen molar-refractivity contribution in [3.05, 3.63) is 73.8 Å². The molecular weight excluding hydrogens is 328 g/mol. The number of carbonyl (C=O) groups is 1. The Bertz CT molecular complexity index is 818. The molecule has 0 aliphatic rings. The van der Waals surface area contributed by atoms with Crippen LogP contribution in [0, 0.1) is 20.2 Å². The molecule has 2 rings (SSSR count). The number of benzene rings is 2. The van der Waals surface area contributed by atoms with Crippen LogP contribution in [0.4, 0.5) is 17.1 Å². The zero-order valence-electron chi connectivity index (χ0n) is 13.6. The lowest BCUT2D eigenvalue weighted by atomic mass is 10.1. The van der Waals surface area contributed by atoms with Crippen LogP contribution in [-0.2, 0) is 6.54 Å². The molecule has 130 valence electrons. The topological polar surface area (TPSA) is 119 Å². The molecule has 0 bridgehead atoms. The number of nitro groups is 2. The van der Waals surface area contributed by atoms with Crippen molar-refractivity contribution in [3.63, 3.8) is 0 Å². The van der Waals surface area contributed by atoms with Crippen molar-refractivity contribution in [3.8, 4) is 0 Å². The number of amides is 1. The molecule has 1 N–H and O–H groups in total. The van der Waals surface area contributed by atoms with Crippen molar-refractivity contribution >= 4 is 23.0 Å². The second-order valence-corrected chi connectivity index (χ2v) is 5.47. The van der Waals surface area contributed by atoms with Crippen LogP contribution in [0.3, 0.4) is 0 Å². The maximum atomic E-state index is 11.8. The van der Waals surface area contributed by atoms with Crippen molar-refractivity contribution in [1.82, 2.24) is 4.90 Å². The van der Waals surface area contributed by atoms with E-state index in [2.05, 4.69) is 5.32 Å². The molecule has 9 heteroatoms. The lowest BCUT2D eigenvalue weighted by molar-refractivity contribution is -0.393. The normalized spacial score (nSPS) is 10.2. The molecule has 0 aliphatic heterocycles. The summed E-state index contributed by atoms with van der Waals surface area (Å²) in [5.74, 6) is -0.120. The summed E-state index contributed by atoms with van der Waals surface area (Å²) in [5, 5.41) is 24.7. The van der Waals surface area contributed by atoms with Crippen molar-refractivity contribution in [2.75, 3.05) is 19.4 Å². The summed E-state index contributed by atoms with van der Waals surface area (Å²) in [6.07, 6.45) is 0. The number of nitrogens with one attached hydrogen (secondary N) is 1. The summed E-state index contributed by atoms with van der Waals surface area (Å²) in [7, 11) is 3.32. The molecule has 0 aromatic heterocycles. The number of anilines is 1. The van der Waals surface area contributed by atoms with E-state index in [9.17, 15) is 25.0 Å². The number of non-ortho nitro benzene ring substituents is 1. The van der Waals surface area contributed by atoms with Gasteiger partial charge in [0.2, 0.25) is 0 Å². The molecule has 9 nitrogen and oxygen atoms in total. The number of nitro benzene ring substituents is 2. The Morgan fingerprint density at radius 1 is 1.04 bits per heavy atom. The van der Waals surface area contributed by atoms with Gasteiger partial charge in [0.1, 0.15) is 5.69 Å². The first-order chi connectivity index (χ1) is 11.8. The van der Waals surface area contributed by atoms with E-state index < -0.39 is 9.85 Å². The minimum Gasteiger partial charge on any atom is -0.375 e. The number of rotatable bonds is 6. The largest absolute Gasteiger partial charge is 0.375 e. The van der Waals surface area contributed by atoms with E-state index in [1.807, 2.05) is 0 Å². The van der Waals surface area contributed by atoms with Crippen LogP contribution >= 0.6 is 0 Å². The molecule has 0 heterocycles. The molecule has 0 radical (unpaired) electrons. The predicted molar refractivity (Wildman–Crippen MR) is 91.5 cm³/mol. The van der Waals surface area contributed by atoms with Crippen LogP contribution in [0.2, 0.25) is 0 Å². The molecule has 2 aromatic carbocycles. The van der Waals surface area contributed by atoms with Gasteiger partial charge in [0, 0.05) is 32.3 Å². The van der Waals surface area contributed by atoms with Gasteiger partial charge in [0.05, 0.1) is 15.9 Å². The Morgan fingerprint density at radius 2 is 1.68 bits per heavy atom. The molecule has 0 atom stereocenters. The van der Waals surface area contributed by atoms with Crippen molar-refractivity contribution in [2.45, 2.75) is 6.54 Å². The van der Waals surface area contributed by atoms with E-state index in [1.54, 1.807) is 38.4 Å². The second kappa shape index (κ2) is 7.39. The van der Waals surface area contributed by atoms with Gasteiger partial charge in [0.15, 0.2) is 0 Å². The zero-order chi connectivity index (χ0) is 18.6. The Hall–Kier alpha value is -3.49. The third-order valence-electron chi connectivity index (χ3n) is 3.48. The first-order valence-electron chi connectivity index (χ1n) is 7.27. The highest BCUT2D eigenvalue weighted by Gasteiger charge is 2.19. The van der Waals surface area contributed by atoms with Gasteiger partial charge >= 0.3 is 0 Å². The first kappa shape index (κ1) is 17.9. The molecule has 2 aromatic rings. The third-order valence-corrected chi connectivity index (χ3v) is 3.48. The average Bonchev–Trinajstić information content (AvgIpc) is 2.59. The van der Waals surface area contributed by atoms with Crippen LogP contribution in [0.25, 0.3) is 0 Å². The van der Waals surface area contributed by atoms with Crippen LogP contribution in [0.15, 0.2) is 42.5 Å². The fourth-order valence-corrected chi connectivity index (χ4v) is 2.15. The summed E-state index contributed by atoms with van der Waals surface area (Å²) < 4.78 is 0. The van der Waals surface area contributed by atoms with E-state index in [0.717, 1.165) is 11.6 Å². The highest BCUT2D eigenvalue weighted by molar-refractivity contribution is 5.93. The summed E-state index contributed by atoms with van der Waals surface area (Å²) in [6, 6.07) is 10.2. The smallest absolute Gasteiger partial charge is 0.299 e. The Balaban J connectivity index is 2.14. The molecular formula is C16H16N4O5. The molecule has 1 amide bonds. The number of hydrogen-bond acceptors (Lipinski definition) is 6. The van der Waals surface area contributed by atoms with E-state index in [1.165, 1.54) is 17.0 Å². The molecule has 0 fully saturated rings. The summed E-state index contributed by atoms with van der Waals surface area (Å²) in [4.78, 5) is 33.8. The van der Waals surface area contributed by atoms with E-state index in [0.29, 0.717) is 5.56 Å². The second-order valence-electron chi connectivity index (χ2n) is 5.47. The SMILES string of the molecule is CN(C)C(=O)c1ccc(CNc2ccc([N+](=O)[O-])cc2[N+](=O)[O-])cc1. The summed E-state index contributed by atoms with van der Waals surface area (Å²) in [5.41, 5.74) is 0.819. The summed E-state index contributed by atoms with van der Waals surface area (Å²) >= 11 is 0. The Kier molecular flexibility index (Phi) is 5.28. The van der Waals surface area contributed by atoms with Crippen molar-refractivity contribution < 1.29 is 14.6 Å². The number of hydrogen-bond donors (Lipinski definition) is 1. The highest BCUT2D eigenvalue weighted by Crippen LogP contribution is 2.29. The number of carbonyl (C=O) groups excluding carboxylic acids is 1. The predicted octanol–water partition coefficient (Wildman–Crippen LogP) is 2.82. The van der Waals surface area contributed by atoms with Crippen molar-refractivity contribution in [1.29, 1.82) is 0 Å². The minimum absolute atomic E-state index is 0.120. The van der Waals surface area contributed by atoms with Gasteiger partial charge in [-0.1, -0.05) is 12.1 Å². The van der Waals surface area contributed by atoms with E-state index in [-0.39, 0.29) is 29.5 Å². The quantitative estimate of drug-likeness (QED) is 0.636. The fraction of sp³-hybridized carbons (Fsp3) is 0.188. The Morgan fingerprint density at radius 3 is 2.20 bits per heavy atom. The lowest BCUT2D eigenvalue weighted by Gasteiger charge is -2.11.